The van der Waals surface area contributed by atoms with Gasteiger partial charge in [0, 0.05) is 13.7 Å². The van der Waals surface area contributed by atoms with Crippen LogP contribution >= 0.6 is 0 Å². The molecule has 0 aliphatic rings. The van der Waals surface area contributed by atoms with Gasteiger partial charge in [-0.3, -0.25) is 9.78 Å². The summed E-state index contributed by atoms with van der Waals surface area (Å²) in [5, 5.41) is 4.88. The Balaban J connectivity index is 2.94. The summed E-state index contributed by atoms with van der Waals surface area (Å²) in [6.07, 6.45) is 0. The summed E-state index contributed by atoms with van der Waals surface area (Å²) in [4.78, 5) is 31.5. The fraction of sp³-hybridized carbons (Fsp3) is 0.429. The van der Waals surface area contributed by atoms with E-state index in [0.29, 0.717) is 13.2 Å². The van der Waals surface area contributed by atoms with Gasteiger partial charge in [0.2, 0.25) is 5.95 Å². The van der Waals surface area contributed by atoms with E-state index in [1.807, 2.05) is 0 Å². The van der Waals surface area contributed by atoms with E-state index in [1.54, 1.807) is 0 Å². The molecule has 4 N–H and O–H groups in total. The zero-order chi connectivity index (χ0) is 12.0. The normalized spacial score (nSPS) is 9.81. The number of rotatable bonds is 6. The molecule has 0 aliphatic carbocycles. The molecule has 0 radical (unpaired) electrons. The van der Waals surface area contributed by atoms with Crippen molar-refractivity contribution < 1.29 is 9.57 Å². The summed E-state index contributed by atoms with van der Waals surface area (Å²) in [6, 6.07) is 0. The lowest BCUT2D eigenvalue weighted by atomic mass is 10.5. The molecular weight excluding hydrogens is 218 g/mol. The molecule has 9 heteroatoms. The molecule has 88 valence electrons. The Labute approximate surface area is 89.9 Å². The van der Waals surface area contributed by atoms with E-state index in [0.717, 1.165) is 0 Å². The predicted octanol–water partition coefficient (Wildman–Crippen LogP) is -0.529. The lowest BCUT2D eigenvalue weighted by molar-refractivity contribution is 0.210. The third kappa shape index (κ3) is 2.92. The predicted molar refractivity (Wildman–Crippen MR) is 56.1 cm³/mol. The smallest absolute Gasteiger partial charge is 0.300 e. The van der Waals surface area contributed by atoms with Gasteiger partial charge in [0.05, 0.1) is 6.61 Å². The number of hydrogen-bond donors (Lipinski definition) is 3. The Morgan fingerprint density at radius 1 is 1.62 bits per heavy atom. The number of aromatic amines is 1. The molecule has 0 fully saturated rings. The SMILES string of the molecule is COCCNc1nc(N)[nH]c(=O)c1ON=O. The van der Waals surface area contributed by atoms with Crippen LogP contribution in [0.3, 0.4) is 0 Å². The van der Waals surface area contributed by atoms with E-state index in [-0.39, 0.29) is 17.5 Å². The van der Waals surface area contributed by atoms with E-state index in [2.05, 4.69) is 25.5 Å². The summed E-state index contributed by atoms with van der Waals surface area (Å²) >= 11 is 0. The van der Waals surface area contributed by atoms with Crippen LogP contribution in [0.15, 0.2) is 10.1 Å². The highest BCUT2D eigenvalue weighted by Gasteiger charge is 2.12. The van der Waals surface area contributed by atoms with Gasteiger partial charge in [-0.05, 0) is 0 Å². The molecule has 1 aromatic heterocycles. The molecule has 1 rings (SSSR count). The first-order chi connectivity index (χ1) is 7.69. The largest absolute Gasteiger partial charge is 0.383 e. The topological polar surface area (TPSA) is 132 Å². The molecule has 0 atom stereocenters. The molecule has 0 saturated heterocycles. The number of nitrogens with two attached hydrogens (primary N) is 1. The maximum absolute atomic E-state index is 11.3. The number of nitrogens with zero attached hydrogens (tertiary/aromatic N) is 2. The molecular formula is C7H11N5O4. The molecule has 0 spiro atoms. The molecule has 0 unspecified atom stereocenters. The van der Waals surface area contributed by atoms with E-state index < -0.39 is 5.56 Å². The first-order valence-electron chi connectivity index (χ1n) is 4.31. The minimum absolute atomic E-state index is 0.0397. The number of methoxy groups -OCH3 is 1. The zero-order valence-electron chi connectivity index (χ0n) is 8.52. The number of ether oxygens (including phenoxy) is 1. The van der Waals surface area contributed by atoms with Crippen LogP contribution in [0.2, 0.25) is 0 Å². The maximum Gasteiger partial charge on any atom is 0.300 e. The Bertz CT molecular complexity index is 418. The minimum atomic E-state index is -0.688. The fourth-order valence-corrected chi connectivity index (χ4v) is 0.993. The van der Waals surface area contributed by atoms with Crippen molar-refractivity contribution >= 4 is 11.8 Å². The van der Waals surface area contributed by atoms with Gasteiger partial charge in [-0.25, -0.2) is 0 Å². The average molecular weight is 229 g/mol. The van der Waals surface area contributed by atoms with Crippen LogP contribution in [0.5, 0.6) is 5.75 Å². The number of nitrogens with one attached hydrogen (secondary N) is 2. The lowest BCUT2D eigenvalue weighted by Gasteiger charge is -2.07. The van der Waals surface area contributed by atoms with Crippen LogP contribution < -0.4 is 21.4 Å². The fourth-order valence-electron chi connectivity index (χ4n) is 0.993. The minimum Gasteiger partial charge on any atom is -0.383 e. The quantitative estimate of drug-likeness (QED) is 0.339. The van der Waals surface area contributed by atoms with Crippen molar-refractivity contribution in [3.8, 4) is 5.75 Å². The van der Waals surface area contributed by atoms with Gasteiger partial charge >= 0.3 is 5.56 Å². The van der Waals surface area contributed by atoms with Crippen molar-refractivity contribution in [1.29, 1.82) is 0 Å². The van der Waals surface area contributed by atoms with Crippen molar-refractivity contribution in [2.24, 2.45) is 5.34 Å². The molecule has 0 aliphatic heterocycles. The van der Waals surface area contributed by atoms with Crippen molar-refractivity contribution in [3.63, 3.8) is 0 Å². The molecule has 1 heterocycles. The van der Waals surface area contributed by atoms with Crippen LogP contribution in [0, 0.1) is 4.91 Å². The van der Waals surface area contributed by atoms with Crippen LogP contribution in [0.1, 0.15) is 0 Å². The second-order valence-corrected chi connectivity index (χ2v) is 2.71. The number of aromatic nitrogens is 2. The van der Waals surface area contributed by atoms with Crippen LogP contribution in [0.4, 0.5) is 11.8 Å². The summed E-state index contributed by atoms with van der Waals surface area (Å²) in [5.41, 5.74) is 4.64. The van der Waals surface area contributed by atoms with Gasteiger partial charge in [0.1, 0.15) is 0 Å². The van der Waals surface area contributed by atoms with Crippen LogP contribution in [0.25, 0.3) is 0 Å². The number of H-pyrrole nitrogens is 1. The summed E-state index contributed by atoms with van der Waals surface area (Å²) in [7, 11) is 1.52. The highest BCUT2D eigenvalue weighted by molar-refractivity contribution is 5.50. The van der Waals surface area contributed by atoms with Gasteiger partial charge in [0.25, 0.3) is 5.75 Å². The Hall–Kier alpha value is -2.16. The Kier molecular flexibility index (Phi) is 4.21. The average Bonchev–Trinajstić information content (AvgIpc) is 2.23. The first-order valence-corrected chi connectivity index (χ1v) is 4.31. The van der Waals surface area contributed by atoms with E-state index in [9.17, 15) is 9.70 Å². The molecule has 0 aromatic carbocycles. The number of hydrogen-bond acceptors (Lipinski definition) is 8. The molecule has 16 heavy (non-hydrogen) atoms. The third-order valence-electron chi connectivity index (χ3n) is 1.62. The Morgan fingerprint density at radius 3 is 3.00 bits per heavy atom. The van der Waals surface area contributed by atoms with Gasteiger partial charge < -0.3 is 20.6 Å². The summed E-state index contributed by atoms with van der Waals surface area (Å²) < 4.78 is 4.79. The molecule has 1 aromatic rings. The summed E-state index contributed by atoms with van der Waals surface area (Å²) in [5.74, 6) is -0.388. The molecule has 9 nitrogen and oxygen atoms in total. The van der Waals surface area contributed by atoms with Crippen LogP contribution in [-0.2, 0) is 4.74 Å². The second kappa shape index (κ2) is 5.66. The standard InChI is InChI=1S/C7H11N5O4/c1-15-3-2-9-5-4(16-12-14)6(13)11-7(8)10-5/h2-3H2,1H3,(H4,8,9,10,11,13). The van der Waals surface area contributed by atoms with Crippen LogP contribution in [-0.4, -0.2) is 30.2 Å². The number of anilines is 2. The monoisotopic (exact) mass is 229 g/mol. The maximum atomic E-state index is 11.3. The van der Waals surface area contributed by atoms with E-state index in [1.165, 1.54) is 7.11 Å². The highest BCUT2D eigenvalue weighted by atomic mass is 16.7. The van der Waals surface area contributed by atoms with Crippen molar-refractivity contribution in [3.05, 3.63) is 15.3 Å². The molecule has 0 amide bonds. The second-order valence-electron chi connectivity index (χ2n) is 2.71. The third-order valence-corrected chi connectivity index (χ3v) is 1.62. The van der Waals surface area contributed by atoms with Crippen molar-refractivity contribution in [2.75, 3.05) is 31.3 Å². The van der Waals surface area contributed by atoms with E-state index >= 15 is 0 Å². The van der Waals surface area contributed by atoms with Gasteiger partial charge in [-0.2, -0.15) is 4.98 Å². The van der Waals surface area contributed by atoms with E-state index in [4.69, 9.17) is 10.5 Å². The lowest BCUT2D eigenvalue weighted by Crippen LogP contribution is -2.18. The molecule has 0 saturated carbocycles. The van der Waals surface area contributed by atoms with Crippen molar-refractivity contribution in [2.45, 2.75) is 0 Å². The summed E-state index contributed by atoms with van der Waals surface area (Å²) in [6.45, 7) is 0.768. The van der Waals surface area contributed by atoms with Gasteiger partial charge in [-0.1, -0.05) is 0 Å². The highest BCUT2D eigenvalue weighted by Crippen LogP contribution is 2.16. The van der Waals surface area contributed by atoms with Crippen molar-refractivity contribution in [1.82, 2.24) is 9.97 Å². The zero-order valence-corrected chi connectivity index (χ0v) is 8.52. The molecule has 0 bridgehead atoms. The van der Waals surface area contributed by atoms with Gasteiger partial charge in [0.15, 0.2) is 11.2 Å². The first kappa shape index (κ1) is 11.9. The Morgan fingerprint density at radius 2 is 2.38 bits per heavy atom. The number of nitrogen functional groups attached to an aromatic ring is 1. The van der Waals surface area contributed by atoms with Gasteiger partial charge in [-0.15, -0.1) is 4.91 Å².